The maximum absolute atomic E-state index is 13.2. The standard InChI is InChI=1S/C11H14FN7/c1-6-4-7(2-3-8(6)12)15-11-16-9(18-13)5-10(17-11)19-14/h2-5H,13-14H2,1H3,(H3,15,16,17,18,19). The number of aryl methyl sites for hydroxylation is 1. The van der Waals surface area contributed by atoms with E-state index in [1.54, 1.807) is 25.1 Å². The third-order valence-corrected chi connectivity index (χ3v) is 2.44. The van der Waals surface area contributed by atoms with Crippen LogP contribution in [0.25, 0.3) is 0 Å². The summed E-state index contributed by atoms with van der Waals surface area (Å²) in [6.07, 6.45) is 0. The summed E-state index contributed by atoms with van der Waals surface area (Å²) in [5, 5.41) is 2.94. The van der Waals surface area contributed by atoms with Gasteiger partial charge >= 0.3 is 0 Å². The van der Waals surface area contributed by atoms with E-state index >= 15 is 0 Å². The van der Waals surface area contributed by atoms with Crippen LogP contribution in [0.15, 0.2) is 24.3 Å². The van der Waals surface area contributed by atoms with Crippen molar-refractivity contribution in [1.82, 2.24) is 9.97 Å². The summed E-state index contributed by atoms with van der Waals surface area (Å²) < 4.78 is 13.2. The van der Waals surface area contributed by atoms with Gasteiger partial charge in [-0.1, -0.05) is 0 Å². The van der Waals surface area contributed by atoms with E-state index in [4.69, 9.17) is 11.7 Å². The lowest BCUT2D eigenvalue weighted by atomic mass is 10.2. The van der Waals surface area contributed by atoms with Gasteiger partial charge in [-0.05, 0) is 30.7 Å². The van der Waals surface area contributed by atoms with Crippen molar-refractivity contribution in [3.8, 4) is 0 Å². The topological polar surface area (TPSA) is 114 Å². The molecule has 7 N–H and O–H groups in total. The van der Waals surface area contributed by atoms with E-state index in [0.29, 0.717) is 22.9 Å². The number of nitrogens with two attached hydrogens (primary N) is 2. The van der Waals surface area contributed by atoms with Gasteiger partial charge < -0.3 is 16.2 Å². The molecule has 0 fully saturated rings. The molecule has 1 aromatic carbocycles. The van der Waals surface area contributed by atoms with Crippen LogP contribution in [0.1, 0.15) is 5.56 Å². The van der Waals surface area contributed by atoms with Crippen molar-refractivity contribution in [3.05, 3.63) is 35.6 Å². The van der Waals surface area contributed by atoms with Gasteiger partial charge in [0.05, 0.1) is 0 Å². The van der Waals surface area contributed by atoms with Gasteiger partial charge in [-0.25, -0.2) is 16.1 Å². The predicted octanol–water partition coefficient (Wildman–Crippen LogP) is 1.24. The van der Waals surface area contributed by atoms with Crippen LogP contribution < -0.4 is 27.9 Å². The van der Waals surface area contributed by atoms with Crippen LogP contribution in [0.3, 0.4) is 0 Å². The molecule has 0 amide bonds. The smallest absolute Gasteiger partial charge is 0.231 e. The molecule has 7 nitrogen and oxygen atoms in total. The van der Waals surface area contributed by atoms with Gasteiger partial charge in [-0.3, -0.25) is 0 Å². The second kappa shape index (κ2) is 5.46. The maximum Gasteiger partial charge on any atom is 0.231 e. The molecule has 0 aliphatic heterocycles. The number of benzene rings is 1. The number of hydrazine groups is 2. The van der Waals surface area contributed by atoms with Crippen molar-refractivity contribution in [1.29, 1.82) is 0 Å². The first-order valence-corrected chi connectivity index (χ1v) is 5.48. The molecule has 0 spiro atoms. The van der Waals surface area contributed by atoms with Gasteiger partial charge in [0.15, 0.2) is 0 Å². The normalized spacial score (nSPS) is 10.1. The molecule has 1 aromatic heterocycles. The second-order valence-corrected chi connectivity index (χ2v) is 3.84. The van der Waals surface area contributed by atoms with Gasteiger partial charge in [0, 0.05) is 11.8 Å². The van der Waals surface area contributed by atoms with Gasteiger partial charge in [-0.2, -0.15) is 9.97 Å². The summed E-state index contributed by atoms with van der Waals surface area (Å²) in [6.45, 7) is 1.67. The number of hydrogen-bond donors (Lipinski definition) is 5. The van der Waals surface area contributed by atoms with Crippen molar-refractivity contribution in [2.45, 2.75) is 6.92 Å². The number of aromatic nitrogens is 2. The Labute approximate surface area is 109 Å². The fourth-order valence-corrected chi connectivity index (χ4v) is 1.50. The molecule has 1 heterocycles. The Balaban J connectivity index is 2.29. The molecule has 2 rings (SSSR count). The Bertz CT molecular complexity index is 565. The quantitative estimate of drug-likeness (QED) is 0.416. The lowest BCUT2D eigenvalue weighted by Crippen LogP contribution is -2.14. The van der Waals surface area contributed by atoms with Crippen LogP contribution >= 0.6 is 0 Å². The van der Waals surface area contributed by atoms with E-state index in [2.05, 4.69) is 26.1 Å². The van der Waals surface area contributed by atoms with Crippen LogP contribution in [0.5, 0.6) is 0 Å². The van der Waals surface area contributed by atoms with Crippen molar-refractivity contribution in [2.75, 3.05) is 16.2 Å². The molecule has 100 valence electrons. The number of halogens is 1. The number of hydrogen-bond acceptors (Lipinski definition) is 7. The largest absolute Gasteiger partial charge is 0.324 e. The summed E-state index contributed by atoms with van der Waals surface area (Å²) in [5.41, 5.74) is 5.99. The van der Waals surface area contributed by atoms with Crippen LogP contribution in [-0.2, 0) is 0 Å². The lowest BCUT2D eigenvalue weighted by Gasteiger charge is -2.09. The molecule has 0 aliphatic carbocycles. The van der Waals surface area contributed by atoms with E-state index in [1.807, 2.05) is 0 Å². The fraction of sp³-hybridized carbons (Fsp3) is 0.0909. The minimum absolute atomic E-state index is 0.270. The summed E-state index contributed by atoms with van der Waals surface area (Å²) in [4.78, 5) is 8.20. The molecule has 0 radical (unpaired) electrons. The van der Waals surface area contributed by atoms with Crippen molar-refractivity contribution in [2.24, 2.45) is 11.7 Å². The average molecular weight is 263 g/mol. The van der Waals surface area contributed by atoms with Crippen LogP contribution in [0, 0.1) is 12.7 Å². The van der Waals surface area contributed by atoms with Crippen LogP contribution in [0.2, 0.25) is 0 Å². The summed E-state index contributed by atoms with van der Waals surface area (Å²) in [5.74, 6) is 11.4. The highest BCUT2D eigenvalue weighted by molar-refractivity contribution is 5.59. The first-order chi connectivity index (χ1) is 9.12. The van der Waals surface area contributed by atoms with E-state index in [9.17, 15) is 4.39 Å². The van der Waals surface area contributed by atoms with E-state index in [1.165, 1.54) is 6.07 Å². The molecule has 0 unspecified atom stereocenters. The molecular formula is C11H14FN7. The van der Waals surface area contributed by atoms with Gasteiger partial charge in [0.2, 0.25) is 5.95 Å². The van der Waals surface area contributed by atoms with Gasteiger partial charge in [-0.15, -0.1) is 0 Å². The second-order valence-electron chi connectivity index (χ2n) is 3.84. The molecule has 0 aliphatic rings. The molecule has 8 heteroatoms. The molecule has 2 aromatic rings. The highest BCUT2D eigenvalue weighted by atomic mass is 19.1. The van der Waals surface area contributed by atoms with E-state index < -0.39 is 0 Å². The van der Waals surface area contributed by atoms with Crippen molar-refractivity contribution in [3.63, 3.8) is 0 Å². The summed E-state index contributed by atoms with van der Waals surface area (Å²) in [6, 6.07) is 6.15. The number of rotatable bonds is 4. The van der Waals surface area contributed by atoms with E-state index in [-0.39, 0.29) is 11.8 Å². The Hall–Kier alpha value is -2.45. The maximum atomic E-state index is 13.2. The molecule has 0 saturated carbocycles. The predicted molar refractivity (Wildman–Crippen MR) is 72.1 cm³/mol. The zero-order chi connectivity index (χ0) is 13.8. The molecule has 0 atom stereocenters. The zero-order valence-corrected chi connectivity index (χ0v) is 10.2. The zero-order valence-electron chi connectivity index (χ0n) is 10.2. The van der Waals surface area contributed by atoms with Gasteiger partial charge in [0.1, 0.15) is 17.5 Å². The third-order valence-electron chi connectivity index (χ3n) is 2.44. The Morgan fingerprint density at radius 1 is 1.05 bits per heavy atom. The number of anilines is 4. The summed E-state index contributed by atoms with van der Waals surface area (Å²) in [7, 11) is 0. The highest BCUT2D eigenvalue weighted by Gasteiger charge is 2.05. The molecule has 0 saturated heterocycles. The number of nitrogens with one attached hydrogen (secondary N) is 3. The SMILES string of the molecule is Cc1cc(Nc2nc(NN)cc(NN)n2)ccc1F. The van der Waals surface area contributed by atoms with Crippen molar-refractivity contribution < 1.29 is 4.39 Å². The Morgan fingerprint density at radius 3 is 2.21 bits per heavy atom. The fourth-order valence-electron chi connectivity index (χ4n) is 1.50. The van der Waals surface area contributed by atoms with Crippen molar-refractivity contribution >= 4 is 23.3 Å². The minimum atomic E-state index is -0.270. The lowest BCUT2D eigenvalue weighted by molar-refractivity contribution is 0.619. The average Bonchev–Trinajstić information content (AvgIpc) is 2.42. The number of nitrogen functional groups attached to an aromatic ring is 2. The monoisotopic (exact) mass is 263 g/mol. The molecule has 0 bridgehead atoms. The molecule has 19 heavy (non-hydrogen) atoms. The summed E-state index contributed by atoms with van der Waals surface area (Å²) >= 11 is 0. The van der Waals surface area contributed by atoms with Gasteiger partial charge in [0.25, 0.3) is 0 Å². The first kappa shape index (κ1) is 13.0. The first-order valence-electron chi connectivity index (χ1n) is 5.48. The minimum Gasteiger partial charge on any atom is -0.324 e. The number of nitrogens with zero attached hydrogens (tertiary/aromatic N) is 2. The highest BCUT2D eigenvalue weighted by Crippen LogP contribution is 2.19. The van der Waals surface area contributed by atoms with E-state index in [0.717, 1.165) is 0 Å². The van der Waals surface area contributed by atoms with Crippen LogP contribution in [0.4, 0.5) is 27.7 Å². The Kier molecular flexibility index (Phi) is 3.74. The molecular weight excluding hydrogens is 249 g/mol. The third kappa shape index (κ3) is 3.06. The Morgan fingerprint density at radius 2 is 1.68 bits per heavy atom. The van der Waals surface area contributed by atoms with Crippen LogP contribution in [-0.4, -0.2) is 9.97 Å².